The first kappa shape index (κ1) is 19.1. The van der Waals surface area contributed by atoms with Crippen LogP contribution in [0.2, 0.25) is 0 Å². The predicted octanol–water partition coefficient (Wildman–Crippen LogP) is 3.92. The number of aromatic nitrogens is 1. The molecule has 0 spiro atoms. The molecule has 0 saturated heterocycles. The Hall–Kier alpha value is -2.21. The van der Waals surface area contributed by atoms with Gasteiger partial charge in [0.15, 0.2) is 10.5 Å². The highest BCUT2D eigenvalue weighted by Gasteiger charge is 2.40. The number of fused-ring (bicyclic) bond motifs is 1. The average molecular weight is 376 g/mol. The molecule has 0 atom stereocenters. The van der Waals surface area contributed by atoms with E-state index in [9.17, 15) is 22.5 Å². The van der Waals surface area contributed by atoms with Crippen molar-refractivity contribution in [3.8, 4) is 0 Å². The van der Waals surface area contributed by atoms with E-state index in [1.165, 1.54) is 0 Å². The molecule has 2 rings (SSSR count). The second-order valence-corrected chi connectivity index (χ2v) is 6.86. The lowest BCUT2D eigenvalue weighted by molar-refractivity contribution is -0.136. The zero-order chi connectivity index (χ0) is 18.8. The Morgan fingerprint density at radius 2 is 1.80 bits per heavy atom. The molecule has 0 fully saturated rings. The molecule has 0 bridgehead atoms. The monoisotopic (exact) mass is 376 g/mol. The lowest BCUT2D eigenvalue weighted by atomic mass is 10.1. The van der Waals surface area contributed by atoms with Gasteiger partial charge >= 0.3 is 19.5 Å². The van der Waals surface area contributed by atoms with Crippen LogP contribution < -0.4 is 10.9 Å². The predicted molar refractivity (Wildman–Crippen MR) is 84.8 cm³/mol. The van der Waals surface area contributed by atoms with Gasteiger partial charge in [-0.1, -0.05) is 0 Å². The minimum Gasteiger partial charge on any atom is -0.321 e. The molecule has 1 aromatic carbocycles. The summed E-state index contributed by atoms with van der Waals surface area (Å²) in [7, 11) is -3.94. The third-order valence-electron chi connectivity index (χ3n) is 3.25. The Bertz CT molecular complexity index is 939. The molecular formula is C14H14F3N3O4P+. The Morgan fingerprint density at radius 3 is 2.28 bits per heavy atom. The smallest absolute Gasteiger partial charge is 0.321 e. The van der Waals surface area contributed by atoms with Crippen LogP contribution >= 0.6 is 7.60 Å². The molecule has 0 radical (unpaired) electrons. The number of nitrogens with zero attached hydrogens (tertiary/aromatic N) is 2. The quantitative estimate of drug-likeness (QED) is 0.630. The average Bonchev–Trinajstić information content (AvgIpc) is 2.52. The summed E-state index contributed by atoms with van der Waals surface area (Å²) in [6, 6.07) is 2.66. The van der Waals surface area contributed by atoms with Gasteiger partial charge in [0, 0.05) is 17.0 Å². The SMILES string of the molecule is CCOP(=O)(OCC)c1cc2cc([N+]#N)c(C(F)(F)F)cc2[nH]c1=O. The van der Waals surface area contributed by atoms with Crippen LogP contribution in [0.1, 0.15) is 19.4 Å². The van der Waals surface area contributed by atoms with E-state index in [1.807, 2.05) is 0 Å². The molecular weight excluding hydrogens is 362 g/mol. The highest BCUT2D eigenvalue weighted by molar-refractivity contribution is 7.62. The lowest BCUT2D eigenvalue weighted by Crippen LogP contribution is -2.29. The minimum atomic E-state index is -4.78. The largest absolute Gasteiger partial charge is 0.424 e. The first-order chi connectivity index (χ1) is 11.7. The molecule has 7 nitrogen and oxygen atoms in total. The molecule has 0 saturated carbocycles. The summed E-state index contributed by atoms with van der Waals surface area (Å²) >= 11 is 0. The van der Waals surface area contributed by atoms with Crippen LogP contribution in [0.3, 0.4) is 0 Å². The van der Waals surface area contributed by atoms with Gasteiger partial charge in [-0.2, -0.15) is 13.2 Å². The molecule has 134 valence electrons. The minimum absolute atomic E-state index is 0.00100. The molecule has 0 aliphatic carbocycles. The molecule has 0 amide bonds. The first-order valence-electron chi connectivity index (χ1n) is 7.19. The second kappa shape index (κ2) is 6.96. The van der Waals surface area contributed by atoms with Crippen LogP contribution in [0.25, 0.3) is 15.9 Å². The van der Waals surface area contributed by atoms with Gasteiger partial charge in [-0.05, 0) is 26.0 Å². The van der Waals surface area contributed by atoms with Crippen molar-refractivity contribution in [2.45, 2.75) is 20.0 Å². The number of rotatable bonds is 5. The number of alkyl halides is 3. The van der Waals surface area contributed by atoms with Crippen LogP contribution in [0.5, 0.6) is 0 Å². The number of halogens is 3. The summed E-state index contributed by atoms with van der Waals surface area (Å²) in [4.78, 5) is 17.1. The van der Waals surface area contributed by atoms with Crippen LogP contribution in [0, 0.1) is 5.39 Å². The number of benzene rings is 1. The molecule has 1 aromatic heterocycles. The first-order valence-corrected chi connectivity index (χ1v) is 8.73. The Morgan fingerprint density at radius 1 is 1.20 bits per heavy atom. The fourth-order valence-electron chi connectivity index (χ4n) is 2.26. The maximum absolute atomic E-state index is 13.0. The topological polar surface area (TPSA) is 96.5 Å². The van der Waals surface area contributed by atoms with Gasteiger partial charge in [0.2, 0.25) is 5.39 Å². The Labute approximate surface area is 139 Å². The third kappa shape index (κ3) is 3.74. The number of hydrogen-bond acceptors (Lipinski definition) is 5. The van der Waals surface area contributed by atoms with Crippen molar-refractivity contribution in [2.75, 3.05) is 13.2 Å². The van der Waals surface area contributed by atoms with E-state index in [1.54, 1.807) is 13.8 Å². The van der Waals surface area contributed by atoms with Crippen molar-refractivity contribution in [3.05, 3.63) is 39.1 Å². The van der Waals surface area contributed by atoms with E-state index in [2.05, 4.69) is 9.96 Å². The van der Waals surface area contributed by atoms with Crippen molar-refractivity contribution in [1.82, 2.24) is 4.98 Å². The second-order valence-electron chi connectivity index (χ2n) is 4.87. The van der Waals surface area contributed by atoms with Crippen molar-refractivity contribution >= 4 is 29.5 Å². The van der Waals surface area contributed by atoms with Gasteiger partial charge in [-0.3, -0.25) is 9.36 Å². The molecule has 1 heterocycles. The number of H-pyrrole nitrogens is 1. The molecule has 11 heteroatoms. The summed E-state index contributed by atoms with van der Waals surface area (Å²) < 4.78 is 61.9. The van der Waals surface area contributed by atoms with Crippen molar-refractivity contribution in [1.29, 1.82) is 5.39 Å². The van der Waals surface area contributed by atoms with Crippen LogP contribution in [-0.4, -0.2) is 18.2 Å². The Kier molecular flexibility index (Phi) is 5.32. The Balaban J connectivity index is 2.77. The molecule has 0 aliphatic heterocycles. The van der Waals surface area contributed by atoms with Gasteiger partial charge in [0.1, 0.15) is 5.30 Å². The maximum Gasteiger partial charge on any atom is 0.424 e. The van der Waals surface area contributed by atoms with E-state index in [-0.39, 0.29) is 29.4 Å². The maximum atomic E-state index is 13.0. The van der Waals surface area contributed by atoms with Crippen molar-refractivity contribution in [3.63, 3.8) is 0 Å². The number of nitrogens with one attached hydrogen (secondary N) is 1. The van der Waals surface area contributed by atoms with Crippen LogP contribution in [0.15, 0.2) is 23.0 Å². The number of pyridine rings is 1. The van der Waals surface area contributed by atoms with Gasteiger partial charge < -0.3 is 14.0 Å². The number of diazo groups is 1. The van der Waals surface area contributed by atoms with Gasteiger partial charge in [0.05, 0.1) is 13.2 Å². The summed E-state index contributed by atoms with van der Waals surface area (Å²) in [5.74, 6) is 0. The van der Waals surface area contributed by atoms with E-state index < -0.39 is 30.6 Å². The zero-order valence-corrected chi connectivity index (χ0v) is 14.1. The van der Waals surface area contributed by atoms with E-state index >= 15 is 0 Å². The van der Waals surface area contributed by atoms with Crippen LogP contribution in [0.4, 0.5) is 18.9 Å². The highest BCUT2D eigenvalue weighted by Crippen LogP contribution is 2.46. The molecule has 1 N–H and O–H groups in total. The summed E-state index contributed by atoms with van der Waals surface area (Å²) in [6.45, 7) is 3.11. The standard InChI is InChI=1S/C14H13F3N3O4P/c1-3-23-25(22,24-4-2)12-6-8-5-11(20-18)9(14(15,16)17)7-10(8)19-13(12)21/h5-7H,3-4H2,1-2H3/p+1. The van der Waals surface area contributed by atoms with Crippen molar-refractivity contribution in [2.24, 2.45) is 0 Å². The number of aromatic amines is 1. The van der Waals surface area contributed by atoms with Crippen molar-refractivity contribution < 1.29 is 26.8 Å². The summed E-state index contributed by atoms with van der Waals surface area (Å²) in [5.41, 5.74) is -3.00. The normalized spacial score (nSPS) is 12.3. The van der Waals surface area contributed by atoms with E-state index in [0.29, 0.717) is 6.07 Å². The van der Waals surface area contributed by atoms with Gasteiger partial charge in [0.25, 0.3) is 5.56 Å². The molecule has 0 unspecified atom stereocenters. The molecule has 25 heavy (non-hydrogen) atoms. The third-order valence-corrected chi connectivity index (χ3v) is 5.37. The van der Waals surface area contributed by atoms with Gasteiger partial charge in [-0.25, -0.2) is 0 Å². The fourth-order valence-corrected chi connectivity index (χ4v) is 3.90. The fraction of sp³-hybridized carbons (Fsp3) is 0.357. The van der Waals surface area contributed by atoms with E-state index in [4.69, 9.17) is 14.4 Å². The molecule has 2 aromatic rings. The lowest BCUT2D eigenvalue weighted by Gasteiger charge is -2.16. The summed E-state index contributed by atoms with van der Waals surface area (Å²) in [5, 5.41) is 8.58. The highest BCUT2D eigenvalue weighted by atomic mass is 31.2. The molecule has 0 aliphatic rings. The number of hydrogen-bond donors (Lipinski definition) is 1. The zero-order valence-electron chi connectivity index (χ0n) is 13.3. The van der Waals surface area contributed by atoms with E-state index in [0.717, 1.165) is 12.1 Å². The van der Waals surface area contributed by atoms with Crippen LogP contribution in [-0.2, 0) is 19.8 Å². The van der Waals surface area contributed by atoms with Gasteiger partial charge in [-0.15, -0.1) is 0 Å². The summed E-state index contributed by atoms with van der Waals surface area (Å²) in [6.07, 6.45) is -4.78.